The van der Waals surface area contributed by atoms with Gasteiger partial charge in [0.05, 0.1) is 6.42 Å². The van der Waals surface area contributed by atoms with Crippen LogP contribution in [0.4, 0.5) is 0 Å². The lowest BCUT2D eigenvalue weighted by Gasteiger charge is -2.31. The van der Waals surface area contributed by atoms with Crippen LogP contribution in [0.25, 0.3) is 0 Å². The first kappa shape index (κ1) is 23.0. The fraction of sp³-hybridized carbons (Fsp3) is 0.200. The van der Waals surface area contributed by atoms with Crippen LogP contribution in [-0.2, 0) is 29.0 Å². The minimum atomic E-state index is -0.636. The normalized spacial score (nSPS) is 11.6. The summed E-state index contributed by atoms with van der Waals surface area (Å²) in [4.78, 5) is 28.0. The number of hydrogen-bond acceptors (Lipinski definition) is 2. The van der Waals surface area contributed by atoms with Crippen molar-refractivity contribution in [2.75, 3.05) is 7.05 Å². The molecule has 3 rings (SSSR count). The second-order valence-corrected chi connectivity index (χ2v) is 8.63. The molecule has 0 heterocycles. The van der Waals surface area contributed by atoms with Gasteiger partial charge in [0, 0.05) is 29.5 Å². The molecular weight excluding hydrogens is 476 g/mol. The first-order chi connectivity index (χ1) is 15.0. The third-order valence-electron chi connectivity index (χ3n) is 5.03. The van der Waals surface area contributed by atoms with Crippen LogP contribution in [0.2, 0.25) is 5.02 Å². The number of amides is 2. The first-order valence-corrected chi connectivity index (χ1v) is 11.2. The predicted octanol–water partition coefficient (Wildman–Crippen LogP) is 5.03. The molecule has 0 aromatic heterocycles. The van der Waals surface area contributed by atoms with Crippen molar-refractivity contribution in [2.45, 2.75) is 25.4 Å². The molecule has 0 radical (unpaired) electrons. The van der Waals surface area contributed by atoms with Crippen LogP contribution >= 0.6 is 27.5 Å². The number of nitrogens with one attached hydrogen (secondary N) is 1. The molecule has 0 aliphatic rings. The molecule has 3 aromatic rings. The Labute approximate surface area is 196 Å². The summed E-state index contributed by atoms with van der Waals surface area (Å²) >= 11 is 9.54. The molecule has 0 aliphatic carbocycles. The molecule has 6 heteroatoms. The van der Waals surface area contributed by atoms with Gasteiger partial charge in [-0.2, -0.15) is 0 Å². The highest BCUT2D eigenvalue weighted by Gasteiger charge is 2.29. The zero-order valence-electron chi connectivity index (χ0n) is 17.2. The number of carbonyl (C=O) groups excluding carboxylic acids is 2. The van der Waals surface area contributed by atoms with Crippen LogP contribution in [0.15, 0.2) is 83.3 Å². The van der Waals surface area contributed by atoms with E-state index in [1.54, 1.807) is 24.1 Å². The summed E-state index contributed by atoms with van der Waals surface area (Å²) in [5, 5.41) is 3.31. The van der Waals surface area contributed by atoms with Crippen LogP contribution < -0.4 is 5.32 Å². The Morgan fingerprint density at radius 1 is 0.935 bits per heavy atom. The van der Waals surface area contributed by atoms with Gasteiger partial charge >= 0.3 is 0 Å². The Kier molecular flexibility index (Phi) is 8.27. The molecule has 160 valence electrons. The molecule has 0 bridgehead atoms. The van der Waals surface area contributed by atoms with Gasteiger partial charge in [0.1, 0.15) is 6.04 Å². The van der Waals surface area contributed by atoms with Gasteiger partial charge in [-0.05, 0) is 41.0 Å². The fourth-order valence-electron chi connectivity index (χ4n) is 3.43. The molecule has 3 aromatic carbocycles. The zero-order chi connectivity index (χ0) is 22.2. The average molecular weight is 500 g/mol. The molecule has 0 fully saturated rings. The van der Waals surface area contributed by atoms with Gasteiger partial charge in [0.15, 0.2) is 0 Å². The second-order valence-electron chi connectivity index (χ2n) is 7.27. The van der Waals surface area contributed by atoms with Gasteiger partial charge in [-0.3, -0.25) is 9.59 Å². The highest BCUT2D eigenvalue weighted by Crippen LogP contribution is 2.19. The Morgan fingerprint density at radius 3 is 2.26 bits per heavy atom. The number of benzene rings is 3. The maximum atomic E-state index is 13.4. The summed E-state index contributed by atoms with van der Waals surface area (Å²) in [6.45, 7) is 0.331. The van der Waals surface area contributed by atoms with E-state index < -0.39 is 6.04 Å². The number of halogens is 2. The number of carbonyl (C=O) groups is 2. The van der Waals surface area contributed by atoms with Gasteiger partial charge < -0.3 is 10.2 Å². The maximum absolute atomic E-state index is 13.4. The Morgan fingerprint density at radius 2 is 1.61 bits per heavy atom. The van der Waals surface area contributed by atoms with Crippen molar-refractivity contribution in [3.63, 3.8) is 0 Å². The average Bonchev–Trinajstić information content (AvgIpc) is 2.77. The van der Waals surface area contributed by atoms with E-state index in [4.69, 9.17) is 11.6 Å². The van der Waals surface area contributed by atoms with E-state index >= 15 is 0 Å². The van der Waals surface area contributed by atoms with Crippen LogP contribution in [0.5, 0.6) is 0 Å². The molecular formula is C25H24BrClN2O2. The number of hydrogen-bond donors (Lipinski definition) is 1. The van der Waals surface area contributed by atoms with Crippen molar-refractivity contribution in [3.05, 3.63) is 105 Å². The summed E-state index contributed by atoms with van der Waals surface area (Å²) in [6.07, 6.45) is 0.595. The molecule has 0 unspecified atom stereocenters. The smallest absolute Gasteiger partial charge is 0.242 e. The van der Waals surface area contributed by atoms with Crippen LogP contribution in [0, 0.1) is 0 Å². The minimum Gasteiger partial charge on any atom is -0.357 e. The van der Waals surface area contributed by atoms with Gasteiger partial charge in [0.2, 0.25) is 11.8 Å². The molecule has 0 spiro atoms. The summed E-state index contributed by atoms with van der Waals surface area (Å²) < 4.78 is 0.959. The fourth-order valence-corrected chi connectivity index (χ4v) is 3.91. The van der Waals surface area contributed by atoms with E-state index in [1.807, 2.05) is 66.7 Å². The summed E-state index contributed by atoms with van der Waals surface area (Å²) in [6, 6.07) is 24.1. The number of nitrogens with zero attached hydrogens (tertiary/aromatic N) is 1. The van der Waals surface area contributed by atoms with Crippen molar-refractivity contribution in [1.82, 2.24) is 10.2 Å². The number of likely N-dealkylation sites (N-methyl/N-ethyl adjacent to an activating group) is 1. The predicted molar refractivity (Wildman–Crippen MR) is 128 cm³/mol. The molecule has 0 saturated carbocycles. The van der Waals surface area contributed by atoms with Gasteiger partial charge in [-0.25, -0.2) is 0 Å². The second kappa shape index (κ2) is 11.1. The molecule has 31 heavy (non-hydrogen) atoms. The van der Waals surface area contributed by atoms with Crippen molar-refractivity contribution >= 4 is 39.3 Å². The van der Waals surface area contributed by atoms with Crippen LogP contribution in [0.1, 0.15) is 16.7 Å². The van der Waals surface area contributed by atoms with Crippen LogP contribution in [-0.4, -0.2) is 29.8 Å². The van der Waals surface area contributed by atoms with Crippen molar-refractivity contribution in [3.8, 4) is 0 Å². The van der Waals surface area contributed by atoms with Gasteiger partial charge in [-0.1, -0.05) is 82.1 Å². The third kappa shape index (κ3) is 6.68. The Bertz CT molecular complexity index is 1030. The molecule has 4 nitrogen and oxygen atoms in total. The van der Waals surface area contributed by atoms with Crippen molar-refractivity contribution < 1.29 is 9.59 Å². The van der Waals surface area contributed by atoms with Crippen LogP contribution in [0.3, 0.4) is 0 Å². The molecule has 1 atom stereocenters. The summed E-state index contributed by atoms with van der Waals surface area (Å²) in [5.41, 5.74) is 2.76. The van der Waals surface area contributed by atoms with E-state index in [1.165, 1.54) is 0 Å². The lowest BCUT2D eigenvalue weighted by molar-refractivity contribution is -0.140. The van der Waals surface area contributed by atoms with Gasteiger partial charge in [-0.15, -0.1) is 0 Å². The monoisotopic (exact) mass is 498 g/mol. The molecule has 1 N–H and O–H groups in total. The highest BCUT2D eigenvalue weighted by atomic mass is 79.9. The zero-order valence-corrected chi connectivity index (χ0v) is 19.6. The Balaban J connectivity index is 1.93. The maximum Gasteiger partial charge on any atom is 0.242 e. The first-order valence-electron chi connectivity index (χ1n) is 10.00. The van der Waals surface area contributed by atoms with Crippen molar-refractivity contribution in [1.29, 1.82) is 0 Å². The largest absolute Gasteiger partial charge is 0.357 e. The molecule has 2 amide bonds. The molecule has 0 saturated heterocycles. The minimum absolute atomic E-state index is 0.130. The highest BCUT2D eigenvalue weighted by molar-refractivity contribution is 9.10. The van der Waals surface area contributed by atoms with Crippen molar-refractivity contribution in [2.24, 2.45) is 0 Å². The van der Waals surface area contributed by atoms with E-state index in [0.717, 1.165) is 21.2 Å². The van der Waals surface area contributed by atoms with E-state index in [0.29, 0.717) is 18.0 Å². The summed E-state index contributed by atoms with van der Waals surface area (Å²) in [5.74, 6) is -0.324. The SMILES string of the molecule is CNC(=O)[C@H](Cc1ccccc1)N(Cc1ccc(Br)cc1)C(=O)Cc1cccc(Cl)c1. The Hall–Kier alpha value is -2.63. The quantitative estimate of drug-likeness (QED) is 0.472. The van der Waals surface area contributed by atoms with Gasteiger partial charge in [0.25, 0.3) is 0 Å². The van der Waals surface area contributed by atoms with E-state index in [9.17, 15) is 9.59 Å². The topological polar surface area (TPSA) is 49.4 Å². The number of rotatable bonds is 8. The van der Waals surface area contributed by atoms with E-state index in [2.05, 4.69) is 21.2 Å². The standard InChI is InChI=1S/C25H24BrClN2O2/c1-28-25(31)23(15-18-6-3-2-4-7-18)29(17-19-10-12-21(26)13-11-19)24(30)16-20-8-5-9-22(27)14-20/h2-14,23H,15-17H2,1H3,(H,28,31)/t23-/m0/s1. The lowest BCUT2D eigenvalue weighted by atomic mass is 10.0. The third-order valence-corrected chi connectivity index (χ3v) is 5.79. The summed E-state index contributed by atoms with van der Waals surface area (Å²) in [7, 11) is 1.60. The lowest BCUT2D eigenvalue weighted by Crippen LogP contribution is -2.50. The van der Waals surface area contributed by atoms with E-state index in [-0.39, 0.29) is 18.2 Å². The molecule has 0 aliphatic heterocycles.